The van der Waals surface area contributed by atoms with E-state index in [1.54, 1.807) is 16.7 Å². The second kappa shape index (κ2) is 13.1. The van der Waals surface area contributed by atoms with Crippen LogP contribution in [0.5, 0.6) is 0 Å². The monoisotopic (exact) mass is 524 g/mol. The highest BCUT2D eigenvalue weighted by Crippen LogP contribution is 2.19. The number of benzene rings is 2. The number of nitrogens with zero attached hydrogens (tertiary/aromatic N) is 1. The van der Waals surface area contributed by atoms with E-state index < -0.39 is 6.04 Å². The Morgan fingerprint density at radius 1 is 1.03 bits per heavy atom. The van der Waals surface area contributed by atoms with Gasteiger partial charge in [0, 0.05) is 27.8 Å². The van der Waals surface area contributed by atoms with Gasteiger partial charge in [0.05, 0.1) is 5.75 Å². The Balaban J connectivity index is 2.12. The fourth-order valence-electron chi connectivity index (χ4n) is 3.07. The Morgan fingerprint density at radius 3 is 2.23 bits per heavy atom. The Hall–Kier alpha value is -1.50. The summed E-state index contributed by atoms with van der Waals surface area (Å²) in [7, 11) is 0. The minimum Gasteiger partial charge on any atom is -0.352 e. The number of carbonyl (C=O) groups excluding carboxylic acids is 2. The van der Waals surface area contributed by atoms with Crippen molar-refractivity contribution < 1.29 is 9.59 Å². The zero-order valence-corrected chi connectivity index (χ0v) is 21.4. The zero-order valence-electron chi connectivity index (χ0n) is 18.2. The fourth-order valence-corrected chi connectivity index (χ4v) is 4.33. The largest absolute Gasteiger partial charge is 0.352 e. The molecule has 7 heteroatoms. The van der Waals surface area contributed by atoms with Gasteiger partial charge in [-0.1, -0.05) is 65.6 Å². The van der Waals surface area contributed by atoms with Gasteiger partial charge in [-0.15, -0.1) is 11.8 Å². The average Bonchev–Trinajstić information content (AvgIpc) is 2.76. The summed E-state index contributed by atoms with van der Waals surface area (Å²) in [4.78, 5) is 27.8. The number of hydrogen-bond donors (Lipinski definition) is 1. The molecule has 4 nitrogen and oxygen atoms in total. The van der Waals surface area contributed by atoms with Gasteiger partial charge in [-0.05, 0) is 55.2 Å². The number of amides is 2. The molecule has 2 atom stereocenters. The van der Waals surface area contributed by atoms with E-state index in [1.807, 2.05) is 69.3 Å². The summed E-state index contributed by atoms with van der Waals surface area (Å²) in [6.45, 7) is 6.32. The van der Waals surface area contributed by atoms with E-state index >= 15 is 0 Å². The first-order chi connectivity index (χ1) is 14.8. The van der Waals surface area contributed by atoms with Gasteiger partial charge in [0.2, 0.25) is 11.8 Å². The molecule has 31 heavy (non-hydrogen) atoms. The summed E-state index contributed by atoms with van der Waals surface area (Å²) in [5.41, 5.74) is 2.11. The van der Waals surface area contributed by atoms with Gasteiger partial charge >= 0.3 is 0 Å². The molecule has 0 aliphatic carbocycles. The number of halogens is 2. The zero-order chi connectivity index (χ0) is 22.8. The summed E-state index contributed by atoms with van der Waals surface area (Å²) >= 11 is 11.0. The van der Waals surface area contributed by atoms with Crippen LogP contribution in [0.15, 0.2) is 53.0 Å². The highest BCUT2D eigenvalue weighted by atomic mass is 79.9. The van der Waals surface area contributed by atoms with Crippen molar-refractivity contribution in [1.82, 2.24) is 10.2 Å². The molecule has 0 bridgehead atoms. The predicted molar refractivity (Wildman–Crippen MR) is 134 cm³/mol. The molecule has 0 radical (unpaired) electrons. The first-order valence-electron chi connectivity index (χ1n) is 10.5. The maximum absolute atomic E-state index is 13.2. The standard InChI is InChI=1S/C24H30BrClN2O2S/c1-4-17(3)27-24(30)22(5-2)28(14-18-8-12-21(26)13-9-18)23(29)16-31-15-19-6-10-20(25)11-7-19/h6-13,17,22H,4-5,14-16H2,1-3H3,(H,27,30)/t17-,22+/m1/s1. The van der Waals surface area contributed by atoms with Crippen LogP contribution in [0, 0.1) is 0 Å². The quantitative estimate of drug-likeness (QED) is 0.388. The lowest BCUT2D eigenvalue weighted by Gasteiger charge is -2.31. The van der Waals surface area contributed by atoms with Crippen molar-refractivity contribution in [2.24, 2.45) is 0 Å². The molecular weight excluding hydrogens is 496 g/mol. The molecule has 2 aromatic carbocycles. The first-order valence-corrected chi connectivity index (χ1v) is 12.8. The SMILES string of the molecule is CC[C@@H](C)NC(=O)[C@H](CC)N(Cc1ccc(Cl)cc1)C(=O)CSCc1ccc(Br)cc1. The lowest BCUT2D eigenvalue weighted by molar-refractivity contribution is -0.139. The van der Waals surface area contributed by atoms with Crippen molar-refractivity contribution in [1.29, 1.82) is 0 Å². The maximum atomic E-state index is 13.2. The lowest BCUT2D eigenvalue weighted by atomic mass is 10.1. The Morgan fingerprint density at radius 2 is 1.65 bits per heavy atom. The van der Waals surface area contributed by atoms with Crippen molar-refractivity contribution >= 4 is 51.1 Å². The van der Waals surface area contributed by atoms with Crippen molar-refractivity contribution in [3.05, 3.63) is 69.2 Å². The number of hydrogen-bond acceptors (Lipinski definition) is 3. The van der Waals surface area contributed by atoms with Gasteiger partial charge in [0.15, 0.2) is 0 Å². The van der Waals surface area contributed by atoms with Gasteiger partial charge < -0.3 is 10.2 Å². The van der Waals surface area contributed by atoms with E-state index in [0.29, 0.717) is 23.7 Å². The van der Waals surface area contributed by atoms with Gasteiger partial charge in [0.25, 0.3) is 0 Å². The van der Waals surface area contributed by atoms with E-state index in [0.717, 1.165) is 27.8 Å². The Kier molecular flexibility index (Phi) is 10.9. The molecule has 2 aromatic rings. The lowest BCUT2D eigenvalue weighted by Crippen LogP contribution is -2.51. The topological polar surface area (TPSA) is 49.4 Å². The van der Waals surface area contributed by atoms with E-state index in [1.165, 1.54) is 0 Å². The average molecular weight is 526 g/mol. The highest BCUT2D eigenvalue weighted by molar-refractivity contribution is 9.10. The third-order valence-corrected chi connectivity index (χ3v) is 6.83. The van der Waals surface area contributed by atoms with E-state index in [2.05, 4.69) is 21.2 Å². The minimum absolute atomic E-state index is 0.0387. The third kappa shape index (κ3) is 8.51. The molecule has 0 spiro atoms. The molecule has 2 rings (SSSR count). The molecular formula is C24H30BrClN2O2S. The van der Waals surface area contributed by atoms with Crippen LogP contribution < -0.4 is 5.32 Å². The molecule has 168 valence electrons. The van der Waals surface area contributed by atoms with Crippen molar-refractivity contribution in [2.75, 3.05) is 5.75 Å². The number of carbonyl (C=O) groups is 2. The van der Waals surface area contributed by atoms with Crippen LogP contribution in [-0.2, 0) is 21.9 Å². The molecule has 0 aliphatic heterocycles. The van der Waals surface area contributed by atoms with Crippen molar-refractivity contribution in [3.8, 4) is 0 Å². The molecule has 1 N–H and O–H groups in total. The van der Waals surface area contributed by atoms with E-state index in [9.17, 15) is 9.59 Å². The Labute approximate surface area is 203 Å². The molecule has 0 unspecified atom stereocenters. The van der Waals surface area contributed by atoms with Crippen molar-refractivity contribution in [3.63, 3.8) is 0 Å². The van der Waals surface area contributed by atoms with Crippen LogP contribution >= 0.6 is 39.3 Å². The second-order valence-electron chi connectivity index (χ2n) is 7.51. The van der Waals surface area contributed by atoms with E-state index in [4.69, 9.17) is 11.6 Å². The number of nitrogens with one attached hydrogen (secondary N) is 1. The third-order valence-electron chi connectivity index (χ3n) is 5.06. The minimum atomic E-state index is -0.509. The van der Waals surface area contributed by atoms with Crippen molar-refractivity contribution in [2.45, 2.75) is 58.0 Å². The molecule has 0 saturated heterocycles. The van der Waals surface area contributed by atoms with Gasteiger partial charge in [-0.25, -0.2) is 0 Å². The summed E-state index contributed by atoms with van der Waals surface area (Å²) in [5, 5.41) is 3.68. The van der Waals surface area contributed by atoms with Crippen LogP contribution in [-0.4, -0.2) is 34.6 Å². The number of rotatable bonds is 11. The van der Waals surface area contributed by atoms with Gasteiger partial charge in [0.1, 0.15) is 6.04 Å². The number of thioether (sulfide) groups is 1. The van der Waals surface area contributed by atoms with Gasteiger partial charge in [-0.3, -0.25) is 9.59 Å². The summed E-state index contributed by atoms with van der Waals surface area (Å²) in [6, 6.07) is 15.1. The summed E-state index contributed by atoms with van der Waals surface area (Å²) < 4.78 is 1.03. The molecule has 0 aliphatic rings. The van der Waals surface area contributed by atoms with Crippen LogP contribution in [0.25, 0.3) is 0 Å². The predicted octanol–water partition coefficient (Wildman–Crippen LogP) is 6.06. The van der Waals surface area contributed by atoms with Crippen LogP contribution in [0.1, 0.15) is 44.7 Å². The van der Waals surface area contributed by atoms with Crippen LogP contribution in [0.3, 0.4) is 0 Å². The molecule has 0 fully saturated rings. The first kappa shape index (κ1) is 25.8. The van der Waals surface area contributed by atoms with Crippen LogP contribution in [0.2, 0.25) is 5.02 Å². The van der Waals surface area contributed by atoms with Gasteiger partial charge in [-0.2, -0.15) is 0 Å². The normalized spacial score (nSPS) is 12.8. The Bertz CT molecular complexity index is 846. The maximum Gasteiger partial charge on any atom is 0.243 e. The second-order valence-corrected chi connectivity index (χ2v) is 9.85. The molecule has 0 saturated carbocycles. The van der Waals surface area contributed by atoms with E-state index in [-0.39, 0.29) is 17.9 Å². The van der Waals surface area contributed by atoms with Crippen LogP contribution in [0.4, 0.5) is 0 Å². The summed E-state index contributed by atoms with van der Waals surface area (Å²) in [5.74, 6) is 0.917. The fraction of sp³-hybridized carbons (Fsp3) is 0.417. The highest BCUT2D eigenvalue weighted by Gasteiger charge is 2.29. The summed E-state index contributed by atoms with van der Waals surface area (Å²) in [6.07, 6.45) is 1.40. The molecule has 0 aromatic heterocycles. The molecule has 0 heterocycles. The smallest absolute Gasteiger partial charge is 0.243 e. The molecule has 2 amide bonds.